The maximum Gasteiger partial charge on any atom is 0.320 e. The summed E-state index contributed by atoms with van der Waals surface area (Å²) in [6, 6.07) is 2.06. The van der Waals surface area contributed by atoms with E-state index in [1.54, 1.807) is 11.3 Å². The van der Waals surface area contributed by atoms with Crippen molar-refractivity contribution in [3.05, 3.63) is 21.9 Å². The van der Waals surface area contributed by atoms with Crippen LogP contribution < -0.4 is 0 Å². The average molecular weight is 267 g/mol. The van der Waals surface area contributed by atoms with Crippen molar-refractivity contribution in [1.29, 1.82) is 0 Å². The fourth-order valence-electron chi connectivity index (χ4n) is 2.78. The lowest BCUT2D eigenvalue weighted by molar-refractivity contribution is -0.144. The van der Waals surface area contributed by atoms with Crippen molar-refractivity contribution in [3.8, 4) is 0 Å². The van der Waals surface area contributed by atoms with Gasteiger partial charge in [0, 0.05) is 17.5 Å². The zero-order chi connectivity index (χ0) is 13.1. The molecule has 0 amide bonds. The Morgan fingerprint density at radius 2 is 2.44 bits per heavy atom. The first-order valence-electron chi connectivity index (χ1n) is 6.70. The van der Waals surface area contributed by atoms with Crippen LogP contribution in [0.15, 0.2) is 11.4 Å². The largest absolute Gasteiger partial charge is 0.480 e. The van der Waals surface area contributed by atoms with Crippen LogP contribution in [0.3, 0.4) is 0 Å². The van der Waals surface area contributed by atoms with Crippen LogP contribution in [0.2, 0.25) is 0 Å². The second kappa shape index (κ2) is 5.85. The number of fused-ring (bicyclic) bond motifs is 1. The van der Waals surface area contributed by atoms with Gasteiger partial charge in [0.05, 0.1) is 0 Å². The Kier molecular flexibility index (Phi) is 4.40. The highest BCUT2D eigenvalue weighted by atomic mass is 32.1. The summed E-state index contributed by atoms with van der Waals surface area (Å²) >= 11 is 1.80. The molecule has 2 rings (SSSR count). The maximum atomic E-state index is 11.5. The Labute approximate surface area is 112 Å². The fourth-order valence-corrected chi connectivity index (χ4v) is 3.75. The summed E-state index contributed by atoms with van der Waals surface area (Å²) in [7, 11) is 0. The second-order valence-corrected chi connectivity index (χ2v) is 5.96. The van der Waals surface area contributed by atoms with E-state index in [-0.39, 0.29) is 12.1 Å². The molecule has 0 radical (unpaired) electrons. The van der Waals surface area contributed by atoms with Gasteiger partial charge in [0.1, 0.15) is 6.04 Å². The van der Waals surface area contributed by atoms with Crippen molar-refractivity contribution < 1.29 is 9.90 Å². The summed E-state index contributed by atoms with van der Waals surface area (Å²) in [4.78, 5) is 15.1. The van der Waals surface area contributed by atoms with Crippen LogP contribution in [0.25, 0.3) is 0 Å². The number of carboxylic acid groups (broad SMARTS) is 1. The molecule has 0 saturated carbocycles. The first kappa shape index (κ1) is 13.6. The molecule has 1 aliphatic heterocycles. The van der Waals surface area contributed by atoms with Gasteiger partial charge < -0.3 is 5.11 Å². The number of thiophene rings is 1. The van der Waals surface area contributed by atoms with E-state index in [0.717, 1.165) is 32.2 Å². The zero-order valence-electron chi connectivity index (χ0n) is 11.1. The van der Waals surface area contributed by atoms with Gasteiger partial charge >= 0.3 is 5.97 Å². The summed E-state index contributed by atoms with van der Waals surface area (Å²) in [6.45, 7) is 5.11. The van der Waals surface area contributed by atoms with E-state index < -0.39 is 5.97 Å². The maximum absolute atomic E-state index is 11.5. The van der Waals surface area contributed by atoms with Crippen LogP contribution in [0, 0.1) is 0 Å². The van der Waals surface area contributed by atoms with Gasteiger partial charge in [-0.1, -0.05) is 19.8 Å². The highest BCUT2D eigenvalue weighted by Gasteiger charge is 2.33. The molecule has 100 valence electrons. The zero-order valence-corrected chi connectivity index (χ0v) is 11.9. The van der Waals surface area contributed by atoms with Crippen molar-refractivity contribution in [1.82, 2.24) is 4.90 Å². The molecule has 18 heavy (non-hydrogen) atoms. The predicted octanol–water partition coefficient (Wildman–Crippen LogP) is 3.31. The average Bonchev–Trinajstić information content (AvgIpc) is 2.80. The Morgan fingerprint density at radius 3 is 3.11 bits per heavy atom. The number of carbonyl (C=O) groups is 1. The third-order valence-electron chi connectivity index (χ3n) is 3.84. The third kappa shape index (κ3) is 2.59. The molecule has 1 aromatic heterocycles. The lowest BCUT2D eigenvalue weighted by Gasteiger charge is -2.37. The molecular weight excluding hydrogens is 246 g/mol. The molecule has 0 saturated heterocycles. The van der Waals surface area contributed by atoms with Crippen LogP contribution in [-0.2, 0) is 11.2 Å². The van der Waals surface area contributed by atoms with Gasteiger partial charge in [-0.2, -0.15) is 0 Å². The molecule has 1 aliphatic rings. The fraction of sp³-hybridized carbons (Fsp3) is 0.643. The van der Waals surface area contributed by atoms with E-state index in [4.69, 9.17) is 0 Å². The van der Waals surface area contributed by atoms with Gasteiger partial charge in [0.15, 0.2) is 0 Å². The van der Waals surface area contributed by atoms with Crippen molar-refractivity contribution in [2.75, 3.05) is 6.54 Å². The van der Waals surface area contributed by atoms with Gasteiger partial charge in [-0.3, -0.25) is 9.69 Å². The van der Waals surface area contributed by atoms with Crippen LogP contribution in [0.4, 0.5) is 0 Å². The lowest BCUT2D eigenvalue weighted by atomic mass is 9.97. The molecular formula is C14H21NO2S. The Bertz CT molecular complexity index is 416. The van der Waals surface area contributed by atoms with Gasteiger partial charge in [-0.25, -0.2) is 0 Å². The van der Waals surface area contributed by atoms with E-state index in [9.17, 15) is 9.90 Å². The minimum Gasteiger partial charge on any atom is -0.480 e. The summed E-state index contributed by atoms with van der Waals surface area (Å²) in [5.41, 5.74) is 1.33. The van der Waals surface area contributed by atoms with Gasteiger partial charge in [0.25, 0.3) is 0 Å². The van der Waals surface area contributed by atoms with Crippen molar-refractivity contribution in [2.45, 2.75) is 51.6 Å². The van der Waals surface area contributed by atoms with Crippen LogP contribution in [-0.4, -0.2) is 28.6 Å². The van der Waals surface area contributed by atoms with E-state index in [1.165, 1.54) is 10.4 Å². The van der Waals surface area contributed by atoms with Crippen LogP contribution in [0.5, 0.6) is 0 Å². The summed E-state index contributed by atoms with van der Waals surface area (Å²) < 4.78 is 0. The summed E-state index contributed by atoms with van der Waals surface area (Å²) in [6.07, 6.45) is 3.79. The number of carboxylic acids is 1. The van der Waals surface area contributed by atoms with Gasteiger partial charge in [-0.15, -0.1) is 11.3 Å². The molecule has 2 unspecified atom stereocenters. The molecule has 4 heteroatoms. The van der Waals surface area contributed by atoms with E-state index >= 15 is 0 Å². The number of rotatable bonds is 5. The predicted molar refractivity (Wildman–Crippen MR) is 74.1 cm³/mol. The standard InChI is InChI=1S/C14H21NO2S/c1-3-4-5-12(14(16)17)15-8-6-13-11(10(15)2)7-9-18-13/h7,9-10,12H,3-6,8H2,1-2H3,(H,16,17). The molecule has 1 N–H and O–H groups in total. The van der Waals surface area contributed by atoms with E-state index in [2.05, 4.69) is 30.2 Å². The number of nitrogens with zero attached hydrogens (tertiary/aromatic N) is 1. The third-order valence-corrected chi connectivity index (χ3v) is 4.84. The minimum absolute atomic E-state index is 0.234. The highest BCUT2D eigenvalue weighted by Crippen LogP contribution is 2.34. The number of aliphatic carboxylic acids is 1. The second-order valence-electron chi connectivity index (χ2n) is 4.96. The Balaban J connectivity index is 2.15. The molecule has 0 aromatic carbocycles. The minimum atomic E-state index is -0.672. The quantitative estimate of drug-likeness (QED) is 0.889. The van der Waals surface area contributed by atoms with Crippen molar-refractivity contribution in [3.63, 3.8) is 0 Å². The van der Waals surface area contributed by atoms with Gasteiger partial charge in [0.2, 0.25) is 0 Å². The smallest absolute Gasteiger partial charge is 0.320 e. The first-order valence-corrected chi connectivity index (χ1v) is 7.58. The Hall–Kier alpha value is -0.870. The lowest BCUT2D eigenvalue weighted by Crippen LogP contribution is -2.45. The Morgan fingerprint density at radius 1 is 1.67 bits per heavy atom. The van der Waals surface area contributed by atoms with E-state index in [0.29, 0.717) is 0 Å². The molecule has 3 nitrogen and oxygen atoms in total. The molecule has 0 spiro atoms. The van der Waals surface area contributed by atoms with Crippen molar-refractivity contribution >= 4 is 17.3 Å². The summed E-state index contributed by atoms with van der Waals surface area (Å²) in [5.74, 6) is -0.672. The number of unbranched alkanes of at least 4 members (excludes halogenated alkanes) is 1. The molecule has 2 atom stereocenters. The molecule has 1 aromatic rings. The first-order chi connectivity index (χ1) is 8.65. The highest BCUT2D eigenvalue weighted by molar-refractivity contribution is 7.10. The normalized spacial score (nSPS) is 21.6. The topological polar surface area (TPSA) is 40.5 Å². The van der Waals surface area contributed by atoms with Crippen LogP contribution in [0.1, 0.15) is 49.6 Å². The number of hydrogen-bond acceptors (Lipinski definition) is 3. The van der Waals surface area contributed by atoms with E-state index in [1.807, 2.05) is 0 Å². The molecule has 0 aliphatic carbocycles. The summed E-state index contributed by atoms with van der Waals surface area (Å²) in [5, 5.41) is 11.5. The molecule has 0 fully saturated rings. The van der Waals surface area contributed by atoms with Gasteiger partial charge in [-0.05, 0) is 36.8 Å². The number of hydrogen-bond donors (Lipinski definition) is 1. The SMILES string of the molecule is CCCCC(C(=O)O)N1CCc2sccc2C1C. The molecule has 2 heterocycles. The molecule has 0 bridgehead atoms. The van der Waals surface area contributed by atoms with Crippen LogP contribution >= 0.6 is 11.3 Å². The van der Waals surface area contributed by atoms with Crippen molar-refractivity contribution in [2.24, 2.45) is 0 Å². The monoisotopic (exact) mass is 267 g/mol.